The van der Waals surface area contributed by atoms with Gasteiger partial charge in [-0.05, 0) is 31.5 Å². The Bertz CT molecular complexity index is 804. The quantitative estimate of drug-likeness (QED) is 0.584. The molecule has 1 amide bonds. The number of carbonyl (C=O) groups excluding carboxylic acids is 1. The number of halogens is 3. The lowest BCUT2D eigenvalue weighted by atomic mass is 9.45. The van der Waals surface area contributed by atoms with Crippen molar-refractivity contribution < 1.29 is 18.0 Å². The molecule has 0 radical (unpaired) electrons. The number of anilines is 2. The molecule has 27 heavy (non-hydrogen) atoms. The summed E-state index contributed by atoms with van der Waals surface area (Å²) in [6.07, 6.45) is -0.972. The Morgan fingerprint density at radius 1 is 1.33 bits per heavy atom. The largest absolute Gasteiger partial charge is 0.417 e. The van der Waals surface area contributed by atoms with Crippen LogP contribution in [-0.2, 0) is 11.0 Å². The van der Waals surface area contributed by atoms with Crippen LogP contribution < -0.4 is 9.80 Å². The summed E-state index contributed by atoms with van der Waals surface area (Å²) in [5.41, 5.74) is -1.58. The van der Waals surface area contributed by atoms with Gasteiger partial charge in [-0.25, -0.2) is 10.2 Å². The minimum atomic E-state index is -4.59. The molecule has 0 unspecified atom stereocenters. The number of nitrogens with zero attached hydrogens (tertiary/aromatic N) is 5. The van der Waals surface area contributed by atoms with Gasteiger partial charge in [0.25, 0.3) is 6.71 Å². The monoisotopic (exact) mass is 375 g/mol. The molecular formula is C17H17BF3N5O. The number of pyridine rings is 1. The Kier molecular flexibility index (Phi) is 5.01. The summed E-state index contributed by atoms with van der Waals surface area (Å²) < 4.78 is 39.5. The van der Waals surface area contributed by atoms with Gasteiger partial charge in [0.2, 0.25) is 6.41 Å². The van der Waals surface area contributed by atoms with Gasteiger partial charge in [0, 0.05) is 31.8 Å². The average Bonchev–Trinajstić information content (AvgIpc) is 3.45. The summed E-state index contributed by atoms with van der Waals surface area (Å²) >= 11 is 0. The van der Waals surface area contributed by atoms with Crippen LogP contribution in [0.5, 0.6) is 0 Å². The van der Waals surface area contributed by atoms with E-state index in [1.807, 2.05) is 0 Å². The molecule has 1 aromatic rings. The van der Waals surface area contributed by atoms with Gasteiger partial charge in [0.15, 0.2) is 5.82 Å². The van der Waals surface area contributed by atoms with Crippen LogP contribution in [-0.4, -0.2) is 37.7 Å². The first-order valence-corrected chi connectivity index (χ1v) is 8.67. The zero-order valence-corrected chi connectivity index (χ0v) is 14.5. The van der Waals surface area contributed by atoms with Crippen molar-refractivity contribution in [3.05, 3.63) is 17.8 Å². The molecule has 2 heterocycles. The van der Waals surface area contributed by atoms with Crippen LogP contribution >= 0.6 is 0 Å². The molecule has 1 saturated carbocycles. The maximum absolute atomic E-state index is 13.2. The number of aromatic nitrogens is 1. The second kappa shape index (κ2) is 7.11. The normalized spacial score (nSPS) is 18.4. The van der Waals surface area contributed by atoms with Crippen molar-refractivity contribution in [2.75, 3.05) is 29.4 Å². The van der Waals surface area contributed by atoms with Gasteiger partial charge in [0.1, 0.15) is 0 Å². The van der Waals surface area contributed by atoms with Crippen molar-refractivity contribution in [3.8, 4) is 12.0 Å². The van der Waals surface area contributed by atoms with Crippen LogP contribution in [0.4, 0.5) is 24.7 Å². The van der Waals surface area contributed by atoms with Crippen LogP contribution in [0.1, 0.15) is 18.4 Å². The highest BCUT2D eigenvalue weighted by molar-refractivity contribution is 6.67. The van der Waals surface area contributed by atoms with Gasteiger partial charge in [-0.15, -0.1) is 0 Å². The summed E-state index contributed by atoms with van der Waals surface area (Å²) in [5, 5.41) is 18.3. The molecule has 3 rings (SSSR count). The molecule has 0 bridgehead atoms. The van der Waals surface area contributed by atoms with Crippen molar-refractivity contribution in [1.29, 1.82) is 10.5 Å². The molecule has 1 aliphatic carbocycles. The number of carbonyl (C=O) groups is 1. The van der Waals surface area contributed by atoms with E-state index in [2.05, 4.69) is 17.0 Å². The highest BCUT2D eigenvalue weighted by Gasteiger charge is 2.45. The molecule has 0 atom stereocenters. The average molecular weight is 375 g/mol. The first-order chi connectivity index (χ1) is 12.8. The highest BCUT2D eigenvalue weighted by atomic mass is 19.4. The first-order valence-electron chi connectivity index (χ1n) is 8.67. The lowest BCUT2D eigenvalue weighted by Gasteiger charge is -2.33. The molecule has 1 aliphatic heterocycles. The third-order valence-corrected chi connectivity index (χ3v) is 5.15. The van der Waals surface area contributed by atoms with Crippen molar-refractivity contribution in [1.82, 2.24) is 4.98 Å². The molecular weight excluding hydrogens is 358 g/mol. The lowest BCUT2D eigenvalue weighted by molar-refractivity contribution is -0.137. The number of hydrogen-bond donors (Lipinski definition) is 0. The molecule has 0 aromatic carbocycles. The first kappa shape index (κ1) is 19.0. The highest BCUT2D eigenvalue weighted by Crippen LogP contribution is 2.47. The van der Waals surface area contributed by atoms with Crippen molar-refractivity contribution in [3.63, 3.8) is 0 Å². The van der Waals surface area contributed by atoms with Gasteiger partial charge in [-0.1, -0.05) is 0 Å². The van der Waals surface area contributed by atoms with Gasteiger partial charge in [-0.3, -0.25) is 4.79 Å². The maximum atomic E-state index is 13.2. The number of alkyl halides is 3. The zero-order valence-electron chi connectivity index (χ0n) is 14.5. The fraction of sp³-hybridized carbons (Fsp3) is 0.529. The van der Waals surface area contributed by atoms with E-state index in [1.165, 1.54) is 0 Å². The van der Waals surface area contributed by atoms with Crippen LogP contribution in [0.25, 0.3) is 0 Å². The number of nitriles is 2. The van der Waals surface area contributed by atoms with E-state index in [0.29, 0.717) is 45.0 Å². The Labute approximate surface area is 155 Å². The van der Waals surface area contributed by atoms with E-state index < -0.39 is 17.2 Å². The SMILES string of the molecule is N#CB1CCN(c2ncc(C(F)(F)F)cc2N(C=O)CC2(C#N)CC2)CC1. The third-order valence-electron chi connectivity index (χ3n) is 5.15. The Morgan fingerprint density at radius 3 is 2.48 bits per heavy atom. The fourth-order valence-corrected chi connectivity index (χ4v) is 3.24. The molecule has 1 saturated heterocycles. The minimum absolute atomic E-state index is 0.0393. The predicted octanol–water partition coefficient (Wildman–Crippen LogP) is 2.74. The van der Waals surface area contributed by atoms with Gasteiger partial charge in [-0.2, -0.15) is 18.4 Å². The van der Waals surface area contributed by atoms with E-state index in [0.717, 1.165) is 17.2 Å². The molecule has 2 fully saturated rings. The van der Waals surface area contributed by atoms with Crippen LogP contribution in [0.2, 0.25) is 12.6 Å². The number of amides is 1. The second-order valence-electron chi connectivity index (χ2n) is 7.08. The Hall–Kier alpha value is -2.75. The van der Waals surface area contributed by atoms with E-state index in [-0.39, 0.29) is 24.8 Å². The van der Waals surface area contributed by atoms with Crippen molar-refractivity contribution in [2.24, 2.45) is 5.41 Å². The lowest BCUT2D eigenvalue weighted by Crippen LogP contribution is -2.39. The molecule has 0 spiro atoms. The van der Waals surface area contributed by atoms with E-state index in [4.69, 9.17) is 5.26 Å². The van der Waals surface area contributed by atoms with Crippen LogP contribution in [0, 0.1) is 28.0 Å². The zero-order chi connectivity index (χ0) is 19.7. The molecule has 140 valence electrons. The molecule has 6 nitrogen and oxygen atoms in total. The minimum Gasteiger partial charge on any atom is -0.356 e. The van der Waals surface area contributed by atoms with Crippen LogP contribution in [0.15, 0.2) is 12.3 Å². The van der Waals surface area contributed by atoms with Crippen molar-refractivity contribution >= 4 is 24.6 Å². The Balaban J connectivity index is 1.96. The summed E-state index contributed by atoms with van der Waals surface area (Å²) in [6.45, 7) is 0.895. The summed E-state index contributed by atoms with van der Waals surface area (Å²) in [7, 11) is 0. The van der Waals surface area contributed by atoms with Gasteiger partial charge >= 0.3 is 6.18 Å². The summed E-state index contributed by atoms with van der Waals surface area (Å²) in [6, 6.07) is 3.07. The Morgan fingerprint density at radius 2 is 2.00 bits per heavy atom. The molecule has 1 aromatic heterocycles. The van der Waals surface area contributed by atoms with E-state index >= 15 is 0 Å². The fourth-order valence-electron chi connectivity index (χ4n) is 3.24. The predicted molar refractivity (Wildman–Crippen MR) is 93.1 cm³/mol. The summed E-state index contributed by atoms with van der Waals surface area (Å²) in [4.78, 5) is 18.6. The van der Waals surface area contributed by atoms with E-state index in [9.17, 15) is 23.2 Å². The van der Waals surface area contributed by atoms with Crippen molar-refractivity contribution in [2.45, 2.75) is 31.7 Å². The van der Waals surface area contributed by atoms with Crippen LogP contribution in [0.3, 0.4) is 0 Å². The topological polar surface area (TPSA) is 84.0 Å². The molecule has 2 aliphatic rings. The second-order valence-corrected chi connectivity index (χ2v) is 7.08. The van der Waals surface area contributed by atoms with Gasteiger partial charge < -0.3 is 9.80 Å². The standard InChI is InChI=1S/C17H17BF3N5O/c19-17(20,21)13-7-14(26(12-27)10-16(9-22)1-2-16)15(24-8-13)25-5-3-18(11-23)4-6-25/h7-8,12H,1-6,10H2. The third kappa shape index (κ3) is 4.00. The smallest absolute Gasteiger partial charge is 0.356 e. The molecule has 10 heteroatoms. The summed E-state index contributed by atoms with van der Waals surface area (Å²) in [5.74, 6) is 2.48. The number of rotatable bonds is 5. The number of hydrogen-bond acceptors (Lipinski definition) is 5. The molecule has 0 N–H and O–H groups in total. The van der Waals surface area contributed by atoms with E-state index in [1.54, 1.807) is 4.90 Å². The van der Waals surface area contributed by atoms with Gasteiger partial charge in [0.05, 0.1) is 22.7 Å². The maximum Gasteiger partial charge on any atom is 0.417 e.